The van der Waals surface area contributed by atoms with Gasteiger partial charge in [-0.2, -0.15) is 0 Å². The molecule has 1 aromatic heterocycles. The molecule has 1 heterocycles. The Kier molecular flexibility index (Phi) is 4.09. The molecule has 2 rings (SSSR count). The monoisotopic (exact) mass is 263 g/mol. The molecule has 0 atom stereocenters. The lowest BCUT2D eigenvalue weighted by Crippen LogP contribution is -2.08. The summed E-state index contributed by atoms with van der Waals surface area (Å²) in [6, 6.07) is 6.89. The number of methoxy groups -OCH3 is 1. The Morgan fingerprint density at radius 3 is 2.68 bits per heavy atom. The fourth-order valence-electron chi connectivity index (χ4n) is 1.50. The zero-order valence-electron chi connectivity index (χ0n) is 10.3. The second-order valence-electron chi connectivity index (χ2n) is 3.67. The highest BCUT2D eigenvalue weighted by Crippen LogP contribution is 2.15. The van der Waals surface area contributed by atoms with Gasteiger partial charge in [0.25, 0.3) is 0 Å². The van der Waals surface area contributed by atoms with Gasteiger partial charge in [-0.25, -0.2) is 9.48 Å². The van der Waals surface area contributed by atoms with E-state index in [2.05, 4.69) is 10.3 Å². The highest BCUT2D eigenvalue weighted by Gasteiger charge is 2.12. The molecule has 0 saturated carbocycles. The quantitative estimate of drug-likeness (QED) is 0.782. The van der Waals surface area contributed by atoms with E-state index in [1.54, 1.807) is 31.4 Å². The number of carbonyl (C=O) groups is 1. The standard InChI is InChI=1S/C12H13N3O4/c1-18-6-7-19-10-4-2-9(3-5-10)15-11(12(16)17)8-13-14-15/h2-5,8H,6-7H2,1H3,(H,16,17). The number of hydrogen-bond donors (Lipinski definition) is 1. The third-order valence-corrected chi connectivity index (χ3v) is 2.41. The average molecular weight is 263 g/mol. The Labute approximate surface area is 109 Å². The molecule has 0 aliphatic carbocycles. The average Bonchev–Trinajstić information content (AvgIpc) is 2.89. The van der Waals surface area contributed by atoms with Crippen molar-refractivity contribution in [2.45, 2.75) is 0 Å². The molecule has 0 amide bonds. The Hall–Kier alpha value is -2.41. The molecule has 0 saturated heterocycles. The van der Waals surface area contributed by atoms with Crippen LogP contribution in [0.3, 0.4) is 0 Å². The summed E-state index contributed by atoms with van der Waals surface area (Å²) in [5, 5.41) is 16.3. The van der Waals surface area contributed by atoms with Crippen molar-refractivity contribution in [1.82, 2.24) is 15.0 Å². The lowest BCUT2D eigenvalue weighted by atomic mass is 10.3. The van der Waals surface area contributed by atoms with Crippen LogP contribution in [0.4, 0.5) is 0 Å². The minimum absolute atomic E-state index is 0.00745. The van der Waals surface area contributed by atoms with Crippen molar-refractivity contribution in [3.63, 3.8) is 0 Å². The largest absolute Gasteiger partial charge is 0.491 e. The molecule has 0 aliphatic heterocycles. The minimum atomic E-state index is -1.08. The molecule has 0 fully saturated rings. The number of aromatic nitrogens is 3. The molecule has 1 N–H and O–H groups in total. The summed E-state index contributed by atoms with van der Waals surface area (Å²) in [6.07, 6.45) is 1.20. The van der Waals surface area contributed by atoms with Gasteiger partial charge in [-0.05, 0) is 24.3 Å². The number of nitrogens with zero attached hydrogens (tertiary/aromatic N) is 3. The van der Waals surface area contributed by atoms with Crippen LogP contribution in [0, 0.1) is 0 Å². The van der Waals surface area contributed by atoms with Gasteiger partial charge in [0.1, 0.15) is 12.4 Å². The van der Waals surface area contributed by atoms with Crippen LogP contribution in [0.2, 0.25) is 0 Å². The fraction of sp³-hybridized carbons (Fsp3) is 0.250. The third-order valence-electron chi connectivity index (χ3n) is 2.41. The minimum Gasteiger partial charge on any atom is -0.491 e. The summed E-state index contributed by atoms with van der Waals surface area (Å²) in [5.41, 5.74) is 0.613. The molecule has 100 valence electrons. The van der Waals surface area contributed by atoms with E-state index in [-0.39, 0.29) is 5.69 Å². The number of aromatic carboxylic acids is 1. The van der Waals surface area contributed by atoms with E-state index in [4.69, 9.17) is 14.6 Å². The van der Waals surface area contributed by atoms with Gasteiger partial charge in [-0.15, -0.1) is 5.10 Å². The molecule has 0 spiro atoms. The predicted octanol–water partition coefficient (Wildman–Crippen LogP) is 0.991. The van der Waals surface area contributed by atoms with Crippen molar-refractivity contribution in [2.75, 3.05) is 20.3 Å². The van der Waals surface area contributed by atoms with Crippen molar-refractivity contribution in [3.8, 4) is 11.4 Å². The van der Waals surface area contributed by atoms with Crippen LogP contribution in [0.15, 0.2) is 30.5 Å². The lowest BCUT2D eigenvalue weighted by Gasteiger charge is -2.07. The van der Waals surface area contributed by atoms with Gasteiger partial charge in [-0.1, -0.05) is 5.21 Å². The number of carboxylic acid groups (broad SMARTS) is 1. The first kappa shape index (κ1) is 13.0. The molecule has 0 aliphatic rings. The molecule has 0 bridgehead atoms. The van der Waals surface area contributed by atoms with E-state index in [1.165, 1.54) is 10.9 Å². The van der Waals surface area contributed by atoms with Crippen molar-refractivity contribution in [3.05, 3.63) is 36.2 Å². The second-order valence-corrected chi connectivity index (χ2v) is 3.67. The Morgan fingerprint density at radius 2 is 2.05 bits per heavy atom. The van der Waals surface area contributed by atoms with E-state index < -0.39 is 5.97 Å². The van der Waals surface area contributed by atoms with E-state index in [1.807, 2.05) is 0 Å². The maximum atomic E-state index is 11.0. The smallest absolute Gasteiger partial charge is 0.356 e. The number of ether oxygens (including phenoxy) is 2. The fourth-order valence-corrected chi connectivity index (χ4v) is 1.50. The van der Waals surface area contributed by atoms with Crippen LogP contribution < -0.4 is 4.74 Å². The summed E-state index contributed by atoms with van der Waals surface area (Å²) in [6.45, 7) is 0.966. The molecule has 19 heavy (non-hydrogen) atoms. The summed E-state index contributed by atoms with van der Waals surface area (Å²) in [5.74, 6) is -0.400. The van der Waals surface area contributed by atoms with Crippen LogP contribution in [0.5, 0.6) is 5.75 Å². The number of benzene rings is 1. The van der Waals surface area contributed by atoms with Gasteiger partial charge < -0.3 is 14.6 Å². The highest BCUT2D eigenvalue weighted by atomic mass is 16.5. The van der Waals surface area contributed by atoms with Crippen LogP contribution in [0.1, 0.15) is 10.5 Å². The molecule has 7 nitrogen and oxygen atoms in total. The zero-order valence-corrected chi connectivity index (χ0v) is 10.3. The predicted molar refractivity (Wildman–Crippen MR) is 65.7 cm³/mol. The van der Waals surface area contributed by atoms with Gasteiger partial charge >= 0.3 is 5.97 Å². The first-order valence-electron chi connectivity index (χ1n) is 5.58. The molecule has 2 aromatic rings. The first-order valence-corrected chi connectivity index (χ1v) is 5.58. The van der Waals surface area contributed by atoms with Gasteiger partial charge in [0.15, 0.2) is 5.69 Å². The molecular weight excluding hydrogens is 250 g/mol. The summed E-state index contributed by atoms with van der Waals surface area (Å²) in [7, 11) is 1.60. The Balaban J connectivity index is 2.13. The van der Waals surface area contributed by atoms with Crippen molar-refractivity contribution in [2.24, 2.45) is 0 Å². The van der Waals surface area contributed by atoms with Crippen LogP contribution in [-0.4, -0.2) is 46.4 Å². The van der Waals surface area contributed by atoms with Crippen molar-refractivity contribution >= 4 is 5.97 Å². The van der Waals surface area contributed by atoms with Gasteiger partial charge in [0, 0.05) is 7.11 Å². The Bertz CT molecular complexity index is 550. The van der Waals surface area contributed by atoms with Crippen molar-refractivity contribution < 1.29 is 19.4 Å². The molecule has 0 radical (unpaired) electrons. The number of carboxylic acids is 1. The highest BCUT2D eigenvalue weighted by molar-refractivity contribution is 5.85. The van der Waals surface area contributed by atoms with E-state index >= 15 is 0 Å². The summed E-state index contributed by atoms with van der Waals surface area (Å²) < 4.78 is 11.5. The molecule has 1 aromatic carbocycles. The SMILES string of the molecule is COCCOc1ccc(-n2nncc2C(=O)O)cc1. The second kappa shape index (κ2) is 5.96. The third kappa shape index (κ3) is 3.08. The van der Waals surface area contributed by atoms with E-state index in [0.29, 0.717) is 24.7 Å². The zero-order chi connectivity index (χ0) is 13.7. The first-order chi connectivity index (χ1) is 9.22. The Morgan fingerprint density at radius 1 is 1.32 bits per heavy atom. The maximum Gasteiger partial charge on any atom is 0.356 e. The van der Waals surface area contributed by atoms with Crippen LogP contribution in [-0.2, 0) is 4.74 Å². The topological polar surface area (TPSA) is 86.5 Å². The normalized spacial score (nSPS) is 10.4. The van der Waals surface area contributed by atoms with Crippen molar-refractivity contribution in [1.29, 1.82) is 0 Å². The van der Waals surface area contributed by atoms with Crippen LogP contribution in [0.25, 0.3) is 5.69 Å². The molecular formula is C12H13N3O4. The van der Waals surface area contributed by atoms with Gasteiger partial charge in [0.05, 0.1) is 18.5 Å². The van der Waals surface area contributed by atoms with Gasteiger partial charge in [0.2, 0.25) is 0 Å². The van der Waals surface area contributed by atoms with E-state index in [0.717, 1.165) is 0 Å². The maximum absolute atomic E-state index is 11.0. The summed E-state index contributed by atoms with van der Waals surface area (Å²) >= 11 is 0. The lowest BCUT2D eigenvalue weighted by molar-refractivity contribution is 0.0687. The van der Waals surface area contributed by atoms with Crippen LogP contribution >= 0.6 is 0 Å². The molecule has 7 heteroatoms. The summed E-state index contributed by atoms with van der Waals surface area (Å²) in [4.78, 5) is 11.0. The van der Waals surface area contributed by atoms with Gasteiger partial charge in [-0.3, -0.25) is 0 Å². The molecule has 0 unspecified atom stereocenters. The number of hydrogen-bond acceptors (Lipinski definition) is 5. The number of rotatable bonds is 6. The van der Waals surface area contributed by atoms with E-state index in [9.17, 15) is 4.79 Å².